The van der Waals surface area contributed by atoms with Crippen molar-refractivity contribution in [1.29, 1.82) is 0 Å². The van der Waals surface area contributed by atoms with E-state index in [0.29, 0.717) is 12.8 Å². The number of hydrogen-bond acceptors (Lipinski definition) is 2. The van der Waals surface area contributed by atoms with E-state index in [1.807, 2.05) is 71.9 Å². The highest BCUT2D eigenvalue weighted by atomic mass is 16.2. The fourth-order valence-electron chi connectivity index (χ4n) is 1.70. The van der Waals surface area contributed by atoms with Crippen LogP contribution < -0.4 is 5.32 Å². The molecular weight excluding hydrogens is 250 g/mol. The molecular formula is C17H29NO2. The van der Waals surface area contributed by atoms with E-state index in [4.69, 9.17) is 0 Å². The normalized spacial score (nSPS) is 16.2. The number of carbonyl (C=O) groups is 2. The molecule has 1 aromatic rings. The molecule has 1 N–H and O–H groups in total. The number of benzene rings is 1. The highest BCUT2D eigenvalue weighted by Gasteiger charge is 2.27. The van der Waals surface area contributed by atoms with Crippen molar-refractivity contribution in [2.24, 2.45) is 0 Å². The van der Waals surface area contributed by atoms with Crippen molar-refractivity contribution in [2.75, 3.05) is 0 Å². The van der Waals surface area contributed by atoms with Gasteiger partial charge in [-0.05, 0) is 12.0 Å². The molecule has 0 radical (unpaired) electrons. The van der Waals surface area contributed by atoms with Crippen molar-refractivity contribution in [3.8, 4) is 0 Å². The van der Waals surface area contributed by atoms with Crippen LogP contribution in [0.1, 0.15) is 65.9 Å². The molecule has 3 nitrogen and oxygen atoms in total. The number of amides is 2. The van der Waals surface area contributed by atoms with Gasteiger partial charge in [-0.25, -0.2) is 0 Å². The predicted octanol–water partition coefficient (Wildman–Crippen LogP) is 4.29. The molecule has 0 spiro atoms. The van der Waals surface area contributed by atoms with E-state index in [1.54, 1.807) is 0 Å². The summed E-state index contributed by atoms with van der Waals surface area (Å²) >= 11 is 0. The Morgan fingerprint density at radius 3 is 1.85 bits per heavy atom. The van der Waals surface area contributed by atoms with Crippen LogP contribution >= 0.6 is 0 Å². The van der Waals surface area contributed by atoms with Crippen LogP contribution in [0.15, 0.2) is 30.3 Å². The zero-order chi connectivity index (χ0) is 16.0. The SMILES string of the molecule is CC.CC.CC.O=C1CCC(c2ccccc2)C(=O)N1. The molecule has 1 atom stereocenters. The van der Waals surface area contributed by atoms with Gasteiger partial charge in [0.05, 0.1) is 5.92 Å². The Labute approximate surface area is 123 Å². The first-order valence-electron chi connectivity index (χ1n) is 7.66. The molecule has 114 valence electrons. The van der Waals surface area contributed by atoms with Gasteiger partial charge in [-0.3, -0.25) is 14.9 Å². The molecule has 1 aromatic carbocycles. The van der Waals surface area contributed by atoms with Gasteiger partial charge in [0.15, 0.2) is 0 Å². The third-order valence-corrected chi connectivity index (χ3v) is 2.44. The van der Waals surface area contributed by atoms with E-state index in [0.717, 1.165) is 5.56 Å². The second-order valence-corrected chi connectivity index (χ2v) is 3.41. The highest BCUT2D eigenvalue weighted by molar-refractivity contribution is 6.00. The Morgan fingerprint density at radius 2 is 1.40 bits per heavy atom. The number of nitrogens with one attached hydrogen (secondary N) is 1. The molecule has 0 aliphatic carbocycles. The van der Waals surface area contributed by atoms with Gasteiger partial charge in [0.1, 0.15) is 0 Å². The predicted molar refractivity (Wildman–Crippen MR) is 85.6 cm³/mol. The lowest BCUT2D eigenvalue weighted by Crippen LogP contribution is -2.39. The Balaban J connectivity index is 0. The van der Waals surface area contributed by atoms with Gasteiger partial charge >= 0.3 is 0 Å². The van der Waals surface area contributed by atoms with Gasteiger partial charge in [0.2, 0.25) is 11.8 Å². The minimum atomic E-state index is -0.174. The van der Waals surface area contributed by atoms with Crippen LogP contribution in [-0.2, 0) is 9.59 Å². The Hall–Kier alpha value is -1.64. The number of piperidine rings is 1. The molecule has 0 saturated carbocycles. The summed E-state index contributed by atoms with van der Waals surface area (Å²) in [6, 6.07) is 9.55. The third-order valence-electron chi connectivity index (χ3n) is 2.44. The van der Waals surface area contributed by atoms with E-state index in [2.05, 4.69) is 5.32 Å². The lowest BCUT2D eigenvalue weighted by Gasteiger charge is -2.20. The first-order chi connectivity index (χ1) is 9.77. The molecule has 1 aliphatic heterocycles. The molecule has 1 aliphatic rings. The molecule has 1 saturated heterocycles. The van der Waals surface area contributed by atoms with Gasteiger partial charge in [-0.15, -0.1) is 0 Å². The Bertz CT molecular complexity index is 361. The largest absolute Gasteiger partial charge is 0.296 e. The van der Waals surface area contributed by atoms with Crippen LogP contribution in [0.4, 0.5) is 0 Å². The van der Waals surface area contributed by atoms with Crippen LogP contribution in [0.25, 0.3) is 0 Å². The second-order valence-electron chi connectivity index (χ2n) is 3.41. The fraction of sp³-hybridized carbons (Fsp3) is 0.529. The number of rotatable bonds is 1. The quantitative estimate of drug-likeness (QED) is 0.780. The molecule has 2 rings (SSSR count). The highest BCUT2D eigenvalue weighted by Crippen LogP contribution is 2.23. The minimum Gasteiger partial charge on any atom is -0.296 e. The van der Waals surface area contributed by atoms with E-state index < -0.39 is 0 Å². The van der Waals surface area contributed by atoms with Gasteiger partial charge in [0.25, 0.3) is 0 Å². The molecule has 0 aromatic heterocycles. The molecule has 2 amide bonds. The summed E-state index contributed by atoms with van der Waals surface area (Å²) in [4.78, 5) is 22.4. The van der Waals surface area contributed by atoms with Gasteiger partial charge in [-0.2, -0.15) is 0 Å². The fourth-order valence-corrected chi connectivity index (χ4v) is 1.70. The average Bonchev–Trinajstić information content (AvgIpc) is 2.54. The Kier molecular flexibility index (Phi) is 14.2. The number of imide groups is 1. The molecule has 1 fully saturated rings. The summed E-state index contributed by atoms with van der Waals surface area (Å²) in [7, 11) is 0. The lowest BCUT2D eigenvalue weighted by atomic mass is 9.91. The number of carbonyl (C=O) groups excluding carboxylic acids is 2. The lowest BCUT2D eigenvalue weighted by molar-refractivity contribution is -0.134. The van der Waals surface area contributed by atoms with E-state index >= 15 is 0 Å². The van der Waals surface area contributed by atoms with E-state index in [9.17, 15) is 9.59 Å². The Morgan fingerprint density at radius 1 is 0.900 bits per heavy atom. The van der Waals surface area contributed by atoms with Crippen molar-refractivity contribution >= 4 is 11.8 Å². The summed E-state index contributed by atoms with van der Waals surface area (Å²) in [5.41, 5.74) is 0.984. The van der Waals surface area contributed by atoms with Gasteiger partial charge < -0.3 is 0 Å². The van der Waals surface area contributed by atoms with Crippen LogP contribution in [-0.4, -0.2) is 11.8 Å². The molecule has 3 heteroatoms. The van der Waals surface area contributed by atoms with E-state index in [1.165, 1.54) is 0 Å². The van der Waals surface area contributed by atoms with Crippen molar-refractivity contribution in [3.63, 3.8) is 0 Å². The van der Waals surface area contributed by atoms with Gasteiger partial charge in [-0.1, -0.05) is 71.9 Å². The summed E-state index contributed by atoms with van der Waals surface area (Å²) < 4.78 is 0. The summed E-state index contributed by atoms with van der Waals surface area (Å²) in [5, 5.41) is 2.35. The smallest absolute Gasteiger partial charge is 0.234 e. The van der Waals surface area contributed by atoms with Gasteiger partial charge in [0, 0.05) is 6.42 Å². The standard InChI is InChI=1S/C11H11NO2.3C2H6/c13-10-7-6-9(11(14)12-10)8-4-2-1-3-5-8;3*1-2/h1-5,9H,6-7H2,(H,12,13,14);3*1-2H3. The third kappa shape index (κ3) is 7.07. The van der Waals surface area contributed by atoms with Crippen molar-refractivity contribution < 1.29 is 9.59 Å². The zero-order valence-corrected chi connectivity index (χ0v) is 13.7. The van der Waals surface area contributed by atoms with Crippen LogP contribution in [0.2, 0.25) is 0 Å². The maximum Gasteiger partial charge on any atom is 0.234 e. The topological polar surface area (TPSA) is 46.2 Å². The molecule has 1 unspecified atom stereocenters. The van der Waals surface area contributed by atoms with E-state index in [-0.39, 0.29) is 17.7 Å². The minimum absolute atomic E-state index is 0.158. The molecule has 20 heavy (non-hydrogen) atoms. The first kappa shape index (κ1) is 20.7. The van der Waals surface area contributed by atoms with Crippen LogP contribution in [0.5, 0.6) is 0 Å². The summed E-state index contributed by atoms with van der Waals surface area (Å²) in [6.45, 7) is 12.0. The summed E-state index contributed by atoms with van der Waals surface area (Å²) in [5.74, 6) is -0.497. The van der Waals surface area contributed by atoms with Crippen LogP contribution in [0.3, 0.4) is 0 Å². The first-order valence-corrected chi connectivity index (χ1v) is 7.66. The van der Waals surface area contributed by atoms with Crippen molar-refractivity contribution in [1.82, 2.24) is 5.32 Å². The maximum atomic E-state index is 11.5. The molecule has 0 bridgehead atoms. The molecule has 1 heterocycles. The second kappa shape index (κ2) is 13.8. The summed E-state index contributed by atoms with van der Waals surface area (Å²) in [6.07, 6.45) is 1.06. The van der Waals surface area contributed by atoms with Crippen molar-refractivity contribution in [2.45, 2.75) is 60.3 Å². The van der Waals surface area contributed by atoms with Crippen molar-refractivity contribution in [3.05, 3.63) is 35.9 Å². The zero-order valence-electron chi connectivity index (χ0n) is 13.7. The van der Waals surface area contributed by atoms with Crippen LogP contribution in [0, 0.1) is 0 Å². The average molecular weight is 279 g/mol. The maximum absolute atomic E-state index is 11.5. The monoisotopic (exact) mass is 279 g/mol. The number of hydrogen-bond donors (Lipinski definition) is 1.